The van der Waals surface area contributed by atoms with Crippen LogP contribution in [0.3, 0.4) is 0 Å². The Balaban J connectivity index is 1.19. The molecule has 1 fully saturated rings. The summed E-state index contributed by atoms with van der Waals surface area (Å²) in [7, 11) is 1.37. The van der Waals surface area contributed by atoms with E-state index >= 15 is 0 Å². The van der Waals surface area contributed by atoms with E-state index in [4.69, 9.17) is 33.4 Å². The van der Waals surface area contributed by atoms with Crippen LogP contribution >= 0.6 is 15.9 Å². The number of methoxy groups -OCH3 is 1. The molecule has 0 N–H and O–H groups in total. The van der Waals surface area contributed by atoms with E-state index in [2.05, 4.69) is 27.8 Å². The molecule has 0 amide bonds. The van der Waals surface area contributed by atoms with Crippen LogP contribution in [0.2, 0.25) is 0 Å². The first kappa shape index (κ1) is 48.7. The molecule has 1 aliphatic rings. The van der Waals surface area contributed by atoms with Gasteiger partial charge in [0.25, 0.3) is 0 Å². The molecule has 66 heavy (non-hydrogen) atoms. The Hall–Kier alpha value is -5.18. The van der Waals surface area contributed by atoms with Crippen molar-refractivity contribution in [1.82, 2.24) is 9.38 Å². The molecule has 10 nitrogen and oxygen atoms in total. The molecule has 3 heterocycles. The van der Waals surface area contributed by atoms with Gasteiger partial charge in [-0.25, -0.2) is 18.6 Å². The molecule has 0 aliphatic carbocycles. The molecular weight excluding hydrogens is 908 g/mol. The van der Waals surface area contributed by atoms with Crippen LogP contribution in [0.4, 0.5) is 14.6 Å². The van der Waals surface area contributed by atoms with Crippen LogP contribution in [0.5, 0.6) is 5.75 Å². The van der Waals surface area contributed by atoms with Crippen LogP contribution in [0.1, 0.15) is 81.4 Å². The molecule has 2 atom stereocenters. The summed E-state index contributed by atoms with van der Waals surface area (Å²) in [4.78, 5) is 21.3. The number of aromatic nitrogens is 2. The van der Waals surface area contributed by atoms with Crippen LogP contribution in [0.25, 0.3) is 28.0 Å². The molecule has 1 aliphatic heterocycles. The number of imidazole rings is 1. The number of halogens is 3. The van der Waals surface area contributed by atoms with Gasteiger partial charge < -0.3 is 33.3 Å². The monoisotopic (exact) mass is 967 g/mol. The summed E-state index contributed by atoms with van der Waals surface area (Å²) in [5, 5.41) is 0. The number of carbonyl (C=O) groups excluding carboxylic acids is 1. The Morgan fingerprint density at radius 3 is 2.14 bits per heavy atom. The normalized spacial score (nSPS) is 14.9. The molecule has 0 saturated carbocycles. The molecule has 4 aromatic carbocycles. The molecule has 350 valence electrons. The van der Waals surface area contributed by atoms with Gasteiger partial charge in [-0.15, -0.1) is 0 Å². The third-order valence-electron chi connectivity index (χ3n) is 12.0. The van der Waals surface area contributed by atoms with Gasteiger partial charge in [-0.1, -0.05) is 78.9 Å². The number of hydrogen-bond acceptors (Lipinski definition) is 9. The van der Waals surface area contributed by atoms with E-state index in [1.54, 1.807) is 0 Å². The predicted molar refractivity (Wildman–Crippen MR) is 257 cm³/mol. The molecule has 0 unspecified atom stereocenters. The second kappa shape index (κ2) is 21.2. The fourth-order valence-electron chi connectivity index (χ4n) is 8.23. The van der Waals surface area contributed by atoms with Crippen molar-refractivity contribution < 1.29 is 42.0 Å². The van der Waals surface area contributed by atoms with E-state index in [1.807, 2.05) is 131 Å². The van der Waals surface area contributed by atoms with Crippen molar-refractivity contribution in [2.45, 2.75) is 97.9 Å². The molecular formula is C53H60BrF2N3O7. The summed E-state index contributed by atoms with van der Waals surface area (Å²) in [6.07, 6.45) is 0.278. The first-order chi connectivity index (χ1) is 31.6. The lowest BCUT2D eigenvalue weighted by atomic mass is 9.92. The number of fused-ring (bicyclic) bond motifs is 1. The molecule has 0 bridgehead atoms. The second-order valence-corrected chi connectivity index (χ2v) is 18.9. The number of anilines is 1. The highest BCUT2D eigenvalue weighted by atomic mass is 79.9. The number of ether oxygens (including phenoxy) is 6. The molecule has 6 aromatic rings. The number of piperidine rings is 1. The number of pyridine rings is 1. The zero-order chi connectivity index (χ0) is 47.2. The summed E-state index contributed by atoms with van der Waals surface area (Å²) >= 11 is 3.97. The lowest BCUT2D eigenvalue weighted by Gasteiger charge is -2.42. The minimum Gasteiger partial charge on any atom is -0.488 e. The summed E-state index contributed by atoms with van der Waals surface area (Å²) < 4.78 is 68.9. The highest BCUT2D eigenvalue weighted by Gasteiger charge is 2.39. The molecule has 2 aromatic heterocycles. The third kappa shape index (κ3) is 11.5. The number of rotatable bonds is 18. The van der Waals surface area contributed by atoms with Gasteiger partial charge >= 0.3 is 5.97 Å². The topological polar surface area (TPSA) is 93.0 Å². The van der Waals surface area contributed by atoms with Gasteiger partial charge in [0, 0.05) is 35.8 Å². The quantitative estimate of drug-likeness (QED) is 0.0617. The van der Waals surface area contributed by atoms with Gasteiger partial charge in [0.15, 0.2) is 17.7 Å². The lowest BCUT2D eigenvalue weighted by molar-refractivity contribution is -0.164. The van der Waals surface area contributed by atoms with E-state index in [0.29, 0.717) is 85.0 Å². The van der Waals surface area contributed by atoms with Crippen LogP contribution in [-0.4, -0.2) is 72.7 Å². The maximum atomic E-state index is 14.9. The SMILES string of the molecule is COC(=O)[C@@H](OC(C)(C)C)c1c(C)c(C)c2nc(-c3cccc(-c4cc(F)c(F)cc4OCc4ccccc4)c3)c(Br)n2c1N1CCC(C)(OCCOC[C@@H](C)OCc2ccccc2)CC1. The Labute approximate surface area is 395 Å². The highest BCUT2D eigenvalue weighted by molar-refractivity contribution is 9.10. The van der Waals surface area contributed by atoms with E-state index in [-0.39, 0.29) is 18.5 Å². The van der Waals surface area contributed by atoms with Crippen molar-refractivity contribution in [3.8, 4) is 28.1 Å². The number of hydrogen-bond donors (Lipinski definition) is 0. The third-order valence-corrected chi connectivity index (χ3v) is 12.7. The van der Waals surface area contributed by atoms with Gasteiger partial charge in [-0.2, -0.15) is 0 Å². The van der Waals surface area contributed by atoms with Crippen molar-refractivity contribution in [3.63, 3.8) is 0 Å². The lowest BCUT2D eigenvalue weighted by Crippen LogP contribution is -2.46. The minimum absolute atomic E-state index is 0.0620. The van der Waals surface area contributed by atoms with Gasteiger partial charge in [0.2, 0.25) is 0 Å². The predicted octanol–water partition coefficient (Wildman–Crippen LogP) is 11.9. The average Bonchev–Trinajstić information content (AvgIpc) is 3.65. The Kier molecular flexibility index (Phi) is 15.7. The molecule has 0 radical (unpaired) electrons. The summed E-state index contributed by atoms with van der Waals surface area (Å²) in [5.41, 5.74) is 6.31. The minimum atomic E-state index is -1.06. The zero-order valence-electron chi connectivity index (χ0n) is 39.1. The van der Waals surface area contributed by atoms with Crippen LogP contribution in [0.15, 0.2) is 102 Å². The van der Waals surface area contributed by atoms with E-state index in [1.165, 1.54) is 7.11 Å². The van der Waals surface area contributed by atoms with Crippen molar-refractivity contribution in [3.05, 3.63) is 141 Å². The number of carbonyl (C=O) groups is 1. The Morgan fingerprint density at radius 1 is 0.848 bits per heavy atom. The zero-order valence-corrected chi connectivity index (χ0v) is 40.7. The van der Waals surface area contributed by atoms with Crippen molar-refractivity contribution >= 4 is 33.4 Å². The van der Waals surface area contributed by atoms with Crippen molar-refractivity contribution in [1.29, 1.82) is 0 Å². The molecule has 7 rings (SSSR count). The van der Waals surface area contributed by atoms with Crippen LogP contribution in [-0.2, 0) is 41.7 Å². The Morgan fingerprint density at radius 2 is 1.48 bits per heavy atom. The summed E-state index contributed by atoms with van der Waals surface area (Å²) in [5.74, 6) is -1.54. The maximum absolute atomic E-state index is 14.9. The fourth-order valence-corrected chi connectivity index (χ4v) is 8.89. The van der Waals surface area contributed by atoms with Gasteiger partial charge in [0.05, 0.1) is 50.8 Å². The van der Waals surface area contributed by atoms with Crippen molar-refractivity contribution in [2.24, 2.45) is 0 Å². The second-order valence-electron chi connectivity index (χ2n) is 18.1. The van der Waals surface area contributed by atoms with E-state index < -0.39 is 34.9 Å². The molecule has 1 saturated heterocycles. The summed E-state index contributed by atoms with van der Waals surface area (Å²) in [6, 6.07) is 29.4. The maximum Gasteiger partial charge on any atom is 0.339 e. The van der Waals surface area contributed by atoms with Crippen LogP contribution < -0.4 is 9.64 Å². The number of nitrogens with zero attached hydrogens (tertiary/aromatic N) is 3. The van der Waals surface area contributed by atoms with Gasteiger partial charge in [-0.05, 0) is 117 Å². The summed E-state index contributed by atoms with van der Waals surface area (Å²) in [6.45, 7) is 17.1. The largest absolute Gasteiger partial charge is 0.488 e. The number of aryl methyl sites for hydroxylation is 1. The van der Waals surface area contributed by atoms with Crippen LogP contribution in [0, 0.1) is 25.5 Å². The Bertz CT molecular complexity index is 2610. The molecule has 13 heteroatoms. The molecule has 0 spiro atoms. The average molecular weight is 969 g/mol. The first-order valence-electron chi connectivity index (χ1n) is 22.4. The number of esters is 1. The van der Waals surface area contributed by atoms with Gasteiger partial charge in [-0.3, -0.25) is 4.40 Å². The van der Waals surface area contributed by atoms with E-state index in [9.17, 15) is 13.6 Å². The van der Waals surface area contributed by atoms with Gasteiger partial charge in [0.1, 0.15) is 34.1 Å². The standard InChI is InChI=1S/C53H60BrF2N3O7/c1-34(63-32-37-16-11-9-12-17-37)31-62-26-27-65-53(7)22-24-58(25-23-53)50-45(47(51(60)61-8)66-52(4,5)6)35(2)36(3)49-57-46(48(54)59(49)50)40-21-15-20-39(28-40)41-29-42(55)43(56)30-44(41)64-33-38-18-13-10-14-19-38/h9-21,28-30,34,47H,22-27,31-33H2,1-8H3/t34-,47+/m1/s1. The highest BCUT2D eigenvalue weighted by Crippen LogP contribution is 2.44. The fraction of sp³-hybridized carbons (Fsp3) is 0.396. The van der Waals surface area contributed by atoms with Crippen molar-refractivity contribution in [2.75, 3.05) is 44.9 Å². The smallest absolute Gasteiger partial charge is 0.339 e. The first-order valence-corrected chi connectivity index (χ1v) is 23.2. The number of benzene rings is 4. The van der Waals surface area contributed by atoms with E-state index in [0.717, 1.165) is 45.8 Å².